The van der Waals surface area contributed by atoms with Crippen molar-refractivity contribution in [3.63, 3.8) is 0 Å². The van der Waals surface area contributed by atoms with Gasteiger partial charge in [-0.2, -0.15) is 0 Å². The summed E-state index contributed by atoms with van der Waals surface area (Å²) in [6.45, 7) is 1.80. The van der Waals surface area contributed by atoms with Crippen LogP contribution in [0.5, 0.6) is 0 Å². The van der Waals surface area contributed by atoms with Gasteiger partial charge in [0.15, 0.2) is 0 Å². The fourth-order valence-corrected chi connectivity index (χ4v) is 0.768. The van der Waals surface area contributed by atoms with Crippen LogP contribution in [0.15, 0.2) is 23.2 Å². The van der Waals surface area contributed by atoms with Crippen molar-refractivity contribution in [2.45, 2.75) is 6.92 Å². The third-order valence-electron chi connectivity index (χ3n) is 1.06. The van der Waals surface area contributed by atoms with Crippen LogP contribution in [0, 0.1) is 16.0 Å². The van der Waals surface area contributed by atoms with Gasteiger partial charge in [-0.3, -0.25) is 10.1 Å². The summed E-state index contributed by atoms with van der Waals surface area (Å²) in [7, 11) is 0. The van der Waals surface area contributed by atoms with E-state index in [1.807, 2.05) is 0 Å². The van der Waals surface area contributed by atoms with Gasteiger partial charge in [-0.25, -0.2) is 0 Å². The molecule has 0 saturated heterocycles. The van der Waals surface area contributed by atoms with Gasteiger partial charge in [0, 0.05) is 10.8 Å². The minimum absolute atomic E-state index is 0.00583. The molecule has 0 saturated carbocycles. The Morgan fingerprint density at radius 2 is 2.27 bits per heavy atom. The normalized spacial score (nSPS) is 14.4. The summed E-state index contributed by atoms with van der Waals surface area (Å²) in [5, 5.41) is 9.99. The van der Waals surface area contributed by atoms with E-state index in [0.717, 1.165) is 0 Å². The van der Waals surface area contributed by atoms with Crippen LogP contribution in [0.1, 0.15) is 6.92 Å². The molecule has 1 atom stereocenters. The highest BCUT2D eigenvalue weighted by Gasteiger charge is 2.03. The largest absolute Gasteiger partial charge is 0.265 e. The van der Waals surface area contributed by atoms with Gasteiger partial charge in [0.05, 0.1) is 0 Å². The molecule has 0 rings (SSSR count). The molecular formula is C7H10BrNO2. The molecule has 4 heteroatoms. The van der Waals surface area contributed by atoms with Crippen molar-refractivity contribution >= 4 is 15.9 Å². The standard InChI is InChI=1S/C7H10BrNO2/c1-7(6-9(10)11)4-2-3-5-8/h2-5,7H,6H2,1H3/b4-2-,5-3+. The van der Waals surface area contributed by atoms with E-state index in [1.54, 1.807) is 30.1 Å². The van der Waals surface area contributed by atoms with Gasteiger partial charge in [-0.15, -0.1) is 0 Å². The van der Waals surface area contributed by atoms with Crippen molar-refractivity contribution < 1.29 is 4.92 Å². The van der Waals surface area contributed by atoms with Crippen LogP contribution in [-0.2, 0) is 0 Å². The van der Waals surface area contributed by atoms with Crippen LogP contribution in [0.2, 0.25) is 0 Å². The van der Waals surface area contributed by atoms with Gasteiger partial charge in [0.25, 0.3) is 0 Å². The van der Waals surface area contributed by atoms with Gasteiger partial charge < -0.3 is 0 Å². The van der Waals surface area contributed by atoms with E-state index in [1.165, 1.54) is 0 Å². The molecule has 0 aromatic carbocycles. The second kappa shape index (κ2) is 6.09. The maximum absolute atomic E-state index is 9.99. The molecule has 11 heavy (non-hydrogen) atoms. The van der Waals surface area contributed by atoms with Gasteiger partial charge in [0.2, 0.25) is 6.54 Å². The number of hydrogen-bond acceptors (Lipinski definition) is 2. The molecule has 62 valence electrons. The molecule has 0 heterocycles. The molecule has 0 aliphatic rings. The SMILES string of the molecule is CC(/C=C\C=C\Br)C[N+](=O)[O-]. The second-order valence-corrected chi connectivity index (χ2v) is 2.72. The lowest BCUT2D eigenvalue weighted by Gasteiger charge is -1.96. The first-order chi connectivity index (χ1) is 5.16. The maximum atomic E-state index is 9.99. The topological polar surface area (TPSA) is 43.1 Å². The van der Waals surface area contributed by atoms with Crippen LogP contribution in [0.25, 0.3) is 0 Å². The van der Waals surface area contributed by atoms with E-state index in [9.17, 15) is 10.1 Å². The molecule has 0 aliphatic heterocycles. The quantitative estimate of drug-likeness (QED) is 0.414. The zero-order valence-electron chi connectivity index (χ0n) is 6.24. The van der Waals surface area contributed by atoms with E-state index in [2.05, 4.69) is 15.9 Å². The summed E-state index contributed by atoms with van der Waals surface area (Å²) in [5.74, 6) is -0.00583. The summed E-state index contributed by atoms with van der Waals surface area (Å²) in [6.07, 6.45) is 5.35. The van der Waals surface area contributed by atoms with E-state index in [4.69, 9.17) is 0 Å². The minimum Gasteiger partial charge on any atom is -0.265 e. The summed E-state index contributed by atoms with van der Waals surface area (Å²) < 4.78 is 0. The van der Waals surface area contributed by atoms with Crippen LogP contribution < -0.4 is 0 Å². The number of rotatable bonds is 4. The van der Waals surface area contributed by atoms with Crippen molar-refractivity contribution in [3.05, 3.63) is 33.3 Å². The molecule has 3 nitrogen and oxygen atoms in total. The zero-order chi connectivity index (χ0) is 8.69. The molecule has 0 amide bonds. The molecule has 0 radical (unpaired) electrons. The average Bonchev–Trinajstić information content (AvgIpc) is 1.86. The Labute approximate surface area is 74.1 Å². The lowest BCUT2D eigenvalue weighted by Crippen LogP contribution is -2.08. The fourth-order valence-electron chi connectivity index (χ4n) is 0.592. The Balaban J connectivity index is 3.67. The predicted molar refractivity (Wildman–Crippen MR) is 48.2 cm³/mol. The Kier molecular flexibility index (Phi) is 5.74. The number of nitrogens with zero attached hydrogens (tertiary/aromatic N) is 1. The third kappa shape index (κ3) is 7.25. The minimum atomic E-state index is -0.313. The predicted octanol–water partition coefficient (Wildman–Crippen LogP) is 2.36. The zero-order valence-corrected chi connectivity index (χ0v) is 7.82. The molecule has 1 unspecified atom stereocenters. The molecule has 0 aliphatic carbocycles. The smallest absolute Gasteiger partial charge is 0.209 e. The molecule has 0 spiro atoms. The third-order valence-corrected chi connectivity index (χ3v) is 1.37. The Morgan fingerprint density at radius 1 is 1.64 bits per heavy atom. The van der Waals surface area contributed by atoms with Crippen molar-refractivity contribution in [1.82, 2.24) is 0 Å². The highest BCUT2D eigenvalue weighted by molar-refractivity contribution is 9.11. The average molecular weight is 220 g/mol. The van der Waals surface area contributed by atoms with Gasteiger partial charge in [0.1, 0.15) is 0 Å². The van der Waals surface area contributed by atoms with Crippen LogP contribution in [0.3, 0.4) is 0 Å². The van der Waals surface area contributed by atoms with E-state index < -0.39 is 0 Å². The van der Waals surface area contributed by atoms with E-state index >= 15 is 0 Å². The van der Waals surface area contributed by atoms with Crippen molar-refractivity contribution in [1.29, 1.82) is 0 Å². The van der Waals surface area contributed by atoms with Crippen molar-refractivity contribution in [2.24, 2.45) is 5.92 Å². The number of allylic oxidation sites excluding steroid dienone is 2. The lowest BCUT2D eigenvalue weighted by atomic mass is 10.2. The Bertz CT molecular complexity index is 177. The fraction of sp³-hybridized carbons (Fsp3) is 0.429. The first-order valence-electron chi connectivity index (χ1n) is 3.22. The molecular weight excluding hydrogens is 210 g/mol. The second-order valence-electron chi connectivity index (χ2n) is 2.20. The van der Waals surface area contributed by atoms with Crippen LogP contribution in [0.4, 0.5) is 0 Å². The molecule has 0 bridgehead atoms. The van der Waals surface area contributed by atoms with Gasteiger partial charge in [-0.1, -0.05) is 41.1 Å². The molecule has 0 aromatic rings. The summed E-state index contributed by atoms with van der Waals surface area (Å²) in [6, 6.07) is 0. The number of hydrogen-bond donors (Lipinski definition) is 0. The van der Waals surface area contributed by atoms with Crippen LogP contribution in [-0.4, -0.2) is 11.5 Å². The van der Waals surface area contributed by atoms with Crippen molar-refractivity contribution in [2.75, 3.05) is 6.54 Å². The molecule has 0 aromatic heterocycles. The molecule has 0 N–H and O–H groups in total. The van der Waals surface area contributed by atoms with E-state index in [-0.39, 0.29) is 17.4 Å². The highest BCUT2D eigenvalue weighted by atomic mass is 79.9. The molecule has 0 fully saturated rings. The highest BCUT2D eigenvalue weighted by Crippen LogP contribution is 1.97. The number of nitro groups is 1. The lowest BCUT2D eigenvalue weighted by molar-refractivity contribution is -0.485. The summed E-state index contributed by atoms with van der Waals surface area (Å²) >= 11 is 3.08. The summed E-state index contributed by atoms with van der Waals surface area (Å²) in [4.78, 5) is 11.4. The maximum Gasteiger partial charge on any atom is 0.209 e. The Morgan fingerprint density at radius 3 is 2.73 bits per heavy atom. The first kappa shape index (κ1) is 10.4. The van der Waals surface area contributed by atoms with E-state index in [0.29, 0.717) is 0 Å². The Hall–Kier alpha value is -0.640. The number of halogens is 1. The van der Waals surface area contributed by atoms with Gasteiger partial charge >= 0.3 is 0 Å². The van der Waals surface area contributed by atoms with Gasteiger partial charge in [-0.05, 0) is 4.99 Å². The van der Waals surface area contributed by atoms with Crippen LogP contribution >= 0.6 is 15.9 Å². The monoisotopic (exact) mass is 219 g/mol. The van der Waals surface area contributed by atoms with Crippen molar-refractivity contribution in [3.8, 4) is 0 Å². The first-order valence-corrected chi connectivity index (χ1v) is 4.13. The summed E-state index contributed by atoms with van der Waals surface area (Å²) in [5.41, 5.74) is 0.